The summed E-state index contributed by atoms with van der Waals surface area (Å²) in [6.45, 7) is 5.95. The Morgan fingerprint density at radius 1 is 1.62 bits per heavy atom. The average Bonchev–Trinajstić information content (AvgIpc) is 2.80. The fourth-order valence-corrected chi connectivity index (χ4v) is 1.96. The molecule has 0 heterocycles. The summed E-state index contributed by atoms with van der Waals surface area (Å²) in [5.74, 6) is 1.28. The highest BCUT2D eigenvalue weighted by atomic mass is 16.5. The van der Waals surface area contributed by atoms with Gasteiger partial charge in [0.15, 0.2) is 0 Å². The van der Waals surface area contributed by atoms with Crippen LogP contribution in [-0.2, 0) is 9.53 Å². The van der Waals surface area contributed by atoms with Gasteiger partial charge in [-0.15, -0.1) is 0 Å². The number of esters is 1. The van der Waals surface area contributed by atoms with Gasteiger partial charge >= 0.3 is 5.97 Å². The number of rotatable bonds is 7. The van der Waals surface area contributed by atoms with Crippen molar-refractivity contribution in [2.24, 2.45) is 11.8 Å². The first-order valence-corrected chi connectivity index (χ1v) is 6.05. The number of carbonyl (C=O) groups excluding carboxylic acids is 1. The molecule has 0 spiro atoms. The Hall–Kier alpha value is -0.610. The zero-order valence-electron chi connectivity index (χ0n) is 10.5. The second-order valence-electron chi connectivity index (χ2n) is 4.86. The Balaban J connectivity index is 2.12. The Bertz CT molecular complexity index is 232. The van der Waals surface area contributed by atoms with Gasteiger partial charge in [-0.1, -0.05) is 6.92 Å². The van der Waals surface area contributed by atoms with Crippen LogP contribution in [0.1, 0.15) is 26.7 Å². The largest absolute Gasteiger partial charge is 0.466 e. The topological polar surface area (TPSA) is 49.8 Å². The van der Waals surface area contributed by atoms with Crippen LogP contribution in [0.4, 0.5) is 0 Å². The predicted molar refractivity (Wildman–Crippen MR) is 62.0 cm³/mol. The van der Waals surface area contributed by atoms with E-state index in [4.69, 9.17) is 4.74 Å². The van der Waals surface area contributed by atoms with Gasteiger partial charge in [0, 0.05) is 13.1 Å². The molecule has 0 aromatic rings. The van der Waals surface area contributed by atoms with Gasteiger partial charge in [-0.05, 0) is 32.2 Å². The molecule has 0 aliphatic heterocycles. The lowest BCUT2D eigenvalue weighted by Gasteiger charge is -2.19. The summed E-state index contributed by atoms with van der Waals surface area (Å²) >= 11 is 0. The van der Waals surface area contributed by atoms with Crippen molar-refractivity contribution in [1.82, 2.24) is 4.90 Å². The third-order valence-corrected chi connectivity index (χ3v) is 3.05. The first-order chi connectivity index (χ1) is 7.52. The fraction of sp³-hybridized carbons (Fsp3) is 0.917. The van der Waals surface area contributed by atoms with Gasteiger partial charge in [0.05, 0.1) is 19.1 Å². The number of nitrogens with zero attached hydrogens (tertiary/aromatic N) is 1. The van der Waals surface area contributed by atoms with Gasteiger partial charge in [-0.2, -0.15) is 0 Å². The van der Waals surface area contributed by atoms with E-state index >= 15 is 0 Å². The highest BCUT2D eigenvalue weighted by Crippen LogP contribution is 2.37. The van der Waals surface area contributed by atoms with Gasteiger partial charge < -0.3 is 14.7 Å². The van der Waals surface area contributed by atoms with Crippen molar-refractivity contribution in [2.45, 2.75) is 32.8 Å². The Labute approximate surface area is 97.6 Å². The van der Waals surface area contributed by atoms with Gasteiger partial charge in [0.2, 0.25) is 0 Å². The molecule has 4 nitrogen and oxygen atoms in total. The van der Waals surface area contributed by atoms with E-state index in [1.165, 1.54) is 6.42 Å². The fourth-order valence-electron chi connectivity index (χ4n) is 1.96. The minimum Gasteiger partial charge on any atom is -0.466 e. The van der Waals surface area contributed by atoms with Gasteiger partial charge in [-0.3, -0.25) is 4.79 Å². The Morgan fingerprint density at radius 2 is 2.25 bits per heavy atom. The van der Waals surface area contributed by atoms with Crippen LogP contribution in [0.15, 0.2) is 0 Å². The first kappa shape index (κ1) is 13.5. The van der Waals surface area contributed by atoms with Crippen molar-refractivity contribution in [3.05, 3.63) is 0 Å². The van der Waals surface area contributed by atoms with Crippen molar-refractivity contribution >= 4 is 5.97 Å². The number of hydrogen-bond acceptors (Lipinski definition) is 4. The molecule has 1 rings (SSSR count). The maximum Gasteiger partial charge on any atom is 0.308 e. The second-order valence-corrected chi connectivity index (χ2v) is 4.86. The van der Waals surface area contributed by atoms with E-state index in [0.29, 0.717) is 13.2 Å². The lowest BCUT2D eigenvalue weighted by atomic mass is 10.2. The second kappa shape index (κ2) is 6.21. The number of aliphatic hydroxyl groups is 1. The molecule has 3 unspecified atom stereocenters. The first-order valence-electron chi connectivity index (χ1n) is 6.05. The zero-order chi connectivity index (χ0) is 12.1. The summed E-state index contributed by atoms with van der Waals surface area (Å²) in [5, 5.41) is 9.67. The lowest BCUT2D eigenvalue weighted by Crippen LogP contribution is -2.32. The van der Waals surface area contributed by atoms with Crippen molar-refractivity contribution in [3.8, 4) is 0 Å². The molecule has 0 radical (unpaired) electrons. The van der Waals surface area contributed by atoms with Crippen LogP contribution in [-0.4, -0.2) is 48.8 Å². The van der Waals surface area contributed by atoms with E-state index in [1.807, 2.05) is 7.05 Å². The van der Waals surface area contributed by atoms with E-state index in [2.05, 4.69) is 11.8 Å². The average molecular weight is 229 g/mol. The molecule has 1 N–H and O–H groups in total. The van der Waals surface area contributed by atoms with E-state index in [0.717, 1.165) is 18.4 Å². The van der Waals surface area contributed by atoms with Crippen molar-refractivity contribution in [1.29, 1.82) is 0 Å². The van der Waals surface area contributed by atoms with Crippen LogP contribution in [0.3, 0.4) is 0 Å². The molecule has 0 bridgehead atoms. The maximum atomic E-state index is 11.1. The summed E-state index contributed by atoms with van der Waals surface area (Å²) in [6.07, 6.45) is 0.773. The Kier molecular flexibility index (Phi) is 5.22. The summed E-state index contributed by atoms with van der Waals surface area (Å²) in [6, 6.07) is 0. The number of hydrogen-bond donors (Lipinski definition) is 1. The smallest absolute Gasteiger partial charge is 0.308 e. The van der Waals surface area contributed by atoms with Crippen LogP contribution >= 0.6 is 0 Å². The molecule has 1 saturated carbocycles. The van der Waals surface area contributed by atoms with Crippen molar-refractivity contribution in [2.75, 3.05) is 26.7 Å². The molecule has 0 aromatic heterocycles. The number of ether oxygens (including phenoxy) is 1. The Morgan fingerprint density at radius 3 is 2.75 bits per heavy atom. The van der Waals surface area contributed by atoms with Crippen LogP contribution < -0.4 is 0 Å². The minimum absolute atomic E-state index is 0.0956. The predicted octanol–water partition coefficient (Wildman–Crippen LogP) is 0.888. The van der Waals surface area contributed by atoms with Gasteiger partial charge in [0.1, 0.15) is 0 Å². The number of carbonyl (C=O) groups is 1. The third kappa shape index (κ3) is 4.94. The van der Waals surface area contributed by atoms with E-state index in [-0.39, 0.29) is 12.4 Å². The van der Waals surface area contributed by atoms with E-state index in [1.54, 1.807) is 6.92 Å². The third-order valence-electron chi connectivity index (χ3n) is 3.05. The molecule has 94 valence electrons. The number of likely N-dealkylation sites (N-methyl/N-ethyl adjacent to an activating group) is 1. The molecule has 1 fully saturated rings. The molecule has 0 amide bonds. The molecule has 1 aliphatic carbocycles. The maximum absolute atomic E-state index is 11.1. The highest BCUT2D eigenvalue weighted by molar-refractivity contribution is 5.69. The molecule has 3 atom stereocenters. The molecular formula is C12H23NO3. The molecule has 16 heavy (non-hydrogen) atoms. The van der Waals surface area contributed by atoms with Crippen molar-refractivity contribution < 1.29 is 14.6 Å². The normalized spacial score (nSPS) is 25.6. The lowest BCUT2D eigenvalue weighted by molar-refractivity contribution is -0.145. The zero-order valence-corrected chi connectivity index (χ0v) is 10.5. The standard InChI is InChI=1S/C12H23NO3/c1-4-16-12(15)6-11(14)8-13(3)7-10-5-9(10)2/h9-11,14H,4-8H2,1-3H3. The summed E-state index contributed by atoms with van der Waals surface area (Å²) in [4.78, 5) is 13.2. The summed E-state index contributed by atoms with van der Waals surface area (Å²) in [7, 11) is 1.99. The molecule has 4 heteroatoms. The highest BCUT2D eigenvalue weighted by Gasteiger charge is 2.33. The van der Waals surface area contributed by atoms with Crippen LogP contribution in [0.2, 0.25) is 0 Å². The van der Waals surface area contributed by atoms with E-state index in [9.17, 15) is 9.90 Å². The quantitative estimate of drug-likeness (QED) is 0.659. The van der Waals surface area contributed by atoms with E-state index < -0.39 is 6.10 Å². The van der Waals surface area contributed by atoms with Crippen LogP contribution in [0.5, 0.6) is 0 Å². The monoisotopic (exact) mass is 229 g/mol. The molecular weight excluding hydrogens is 206 g/mol. The van der Waals surface area contributed by atoms with Crippen LogP contribution in [0, 0.1) is 11.8 Å². The molecule has 1 aliphatic rings. The van der Waals surface area contributed by atoms with Gasteiger partial charge in [-0.25, -0.2) is 0 Å². The summed E-state index contributed by atoms with van der Waals surface area (Å²) in [5.41, 5.74) is 0. The SMILES string of the molecule is CCOC(=O)CC(O)CN(C)CC1CC1C. The summed E-state index contributed by atoms with van der Waals surface area (Å²) < 4.78 is 4.79. The number of aliphatic hydroxyl groups excluding tert-OH is 1. The molecule has 0 aromatic carbocycles. The molecule has 0 saturated heterocycles. The van der Waals surface area contributed by atoms with Crippen LogP contribution in [0.25, 0.3) is 0 Å². The minimum atomic E-state index is -0.613. The van der Waals surface area contributed by atoms with Gasteiger partial charge in [0.25, 0.3) is 0 Å². The van der Waals surface area contributed by atoms with Crippen molar-refractivity contribution in [3.63, 3.8) is 0 Å².